The first kappa shape index (κ1) is 20.1. The van der Waals surface area contributed by atoms with Gasteiger partial charge in [0.1, 0.15) is 5.56 Å². The minimum absolute atomic E-state index is 0.0221. The zero-order valence-corrected chi connectivity index (χ0v) is 17.6. The SMILES string of the molecule is Cc1cccc(C(=O)N2CCCN(C(=O)c3ccc(-c4cccs4)[nH]c3=O)CC2)c1. The fourth-order valence-corrected chi connectivity index (χ4v) is 4.38. The molecule has 1 N–H and O–H groups in total. The third kappa shape index (κ3) is 4.21. The Balaban J connectivity index is 1.46. The van der Waals surface area contributed by atoms with Crippen molar-refractivity contribution in [2.24, 2.45) is 0 Å². The van der Waals surface area contributed by atoms with Gasteiger partial charge in [0, 0.05) is 31.7 Å². The summed E-state index contributed by atoms with van der Waals surface area (Å²) in [6.45, 7) is 3.92. The summed E-state index contributed by atoms with van der Waals surface area (Å²) in [6.07, 6.45) is 0.675. The normalized spacial score (nSPS) is 14.4. The molecule has 1 aliphatic rings. The number of pyridine rings is 1. The average molecular weight is 422 g/mol. The lowest BCUT2D eigenvalue weighted by atomic mass is 10.1. The van der Waals surface area contributed by atoms with Gasteiger partial charge in [-0.3, -0.25) is 14.4 Å². The minimum Gasteiger partial charge on any atom is -0.337 e. The molecule has 30 heavy (non-hydrogen) atoms. The molecule has 0 bridgehead atoms. The Kier molecular flexibility index (Phi) is 5.81. The monoisotopic (exact) mass is 421 g/mol. The summed E-state index contributed by atoms with van der Waals surface area (Å²) >= 11 is 1.53. The molecule has 0 atom stereocenters. The number of aromatic amines is 1. The average Bonchev–Trinajstić information content (AvgIpc) is 3.17. The van der Waals surface area contributed by atoms with Crippen LogP contribution in [-0.2, 0) is 0 Å². The van der Waals surface area contributed by atoms with E-state index in [-0.39, 0.29) is 22.9 Å². The van der Waals surface area contributed by atoms with Gasteiger partial charge in [0.25, 0.3) is 17.4 Å². The van der Waals surface area contributed by atoms with Gasteiger partial charge in [0.05, 0.1) is 10.6 Å². The number of thiophene rings is 1. The van der Waals surface area contributed by atoms with Gasteiger partial charge in [-0.25, -0.2) is 0 Å². The number of amides is 2. The van der Waals surface area contributed by atoms with Gasteiger partial charge in [0.2, 0.25) is 0 Å². The number of hydrogen-bond donors (Lipinski definition) is 1. The second-order valence-corrected chi connectivity index (χ2v) is 8.35. The molecule has 0 radical (unpaired) electrons. The van der Waals surface area contributed by atoms with Crippen LogP contribution in [0.4, 0.5) is 0 Å². The largest absolute Gasteiger partial charge is 0.337 e. The maximum Gasteiger partial charge on any atom is 0.261 e. The summed E-state index contributed by atoms with van der Waals surface area (Å²) < 4.78 is 0. The van der Waals surface area contributed by atoms with Crippen molar-refractivity contribution >= 4 is 23.2 Å². The second kappa shape index (κ2) is 8.67. The standard InChI is InChI=1S/C23H23N3O3S/c1-16-5-2-6-17(15-16)22(28)25-10-4-11-26(13-12-25)23(29)18-8-9-19(24-21(18)27)20-7-3-14-30-20/h2-3,5-9,14-15H,4,10-13H2,1H3,(H,24,27). The highest BCUT2D eigenvalue weighted by Crippen LogP contribution is 2.21. The van der Waals surface area contributed by atoms with Gasteiger partial charge in [-0.1, -0.05) is 23.8 Å². The van der Waals surface area contributed by atoms with Crippen molar-refractivity contribution in [3.63, 3.8) is 0 Å². The molecule has 1 aromatic carbocycles. The van der Waals surface area contributed by atoms with Crippen LogP contribution in [0.15, 0.2) is 58.7 Å². The highest BCUT2D eigenvalue weighted by atomic mass is 32.1. The Morgan fingerprint density at radius 3 is 2.37 bits per heavy atom. The van der Waals surface area contributed by atoms with Gasteiger partial charge in [-0.15, -0.1) is 11.3 Å². The van der Waals surface area contributed by atoms with Crippen LogP contribution in [0.1, 0.15) is 32.7 Å². The molecule has 7 heteroatoms. The van der Waals surface area contributed by atoms with E-state index in [0.29, 0.717) is 43.9 Å². The lowest BCUT2D eigenvalue weighted by molar-refractivity contribution is 0.0718. The van der Waals surface area contributed by atoms with Crippen molar-refractivity contribution in [1.82, 2.24) is 14.8 Å². The van der Waals surface area contributed by atoms with E-state index < -0.39 is 0 Å². The van der Waals surface area contributed by atoms with E-state index in [1.54, 1.807) is 21.9 Å². The number of nitrogens with zero attached hydrogens (tertiary/aromatic N) is 2. The minimum atomic E-state index is -0.386. The molecule has 4 rings (SSSR count). The molecule has 0 aliphatic carbocycles. The molecule has 6 nitrogen and oxygen atoms in total. The van der Waals surface area contributed by atoms with E-state index in [1.165, 1.54) is 11.3 Å². The zero-order chi connectivity index (χ0) is 21.1. The first-order valence-corrected chi connectivity index (χ1v) is 10.8. The van der Waals surface area contributed by atoms with E-state index >= 15 is 0 Å². The summed E-state index contributed by atoms with van der Waals surface area (Å²) in [4.78, 5) is 45.5. The first-order chi connectivity index (χ1) is 14.5. The number of benzene rings is 1. The van der Waals surface area contributed by atoms with Crippen LogP contribution < -0.4 is 5.56 Å². The smallest absolute Gasteiger partial charge is 0.261 e. The summed E-state index contributed by atoms with van der Waals surface area (Å²) in [5.41, 5.74) is 2.15. The Hall–Kier alpha value is -3.19. The van der Waals surface area contributed by atoms with Crippen molar-refractivity contribution < 1.29 is 9.59 Å². The molecule has 1 fully saturated rings. The fourth-order valence-electron chi connectivity index (χ4n) is 3.67. The topological polar surface area (TPSA) is 73.5 Å². The van der Waals surface area contributed by atoms with Gasteiger partial charge >= 0.3 is 0 Å². The third-order valence-electron chi connectivity index (χ3n) is 5.26. The third-order valence-corrected chi connectivity index (χ3v) is 6.17. The van der Waals surface area contributed by atoms with E-state index in [9.17, 15) is 14.4 Å². The summed E-state index contributed by atoms with van der Waals surface area (Å²) in [5.74, 6) is -0.315. The molecule has 2 amide bonds. The number of aryl methyl sites for hydroxylation is 1. The van der Waals surface area contributed by atoms with Crippen LogP contribution in [0.2, 0.25) is 0 Å². The molecule has 154 valence electrons. The van der Waals surface area contributed by atoms with Crippen molar-refractivity contribution in [3.8, 4) is 10.6 Å². The highest BCUT2D eigenvalue weighted by Gasteiger charge is 2.25. The molecule has 3 heterocycles. The van der Waals surface area contributed by atoms with Crippen molar-refractivity contribution in [2.75, 3.05) is 26.2 Å². The molecule has 1 saturated heterocycles. The predicted octanol–water partition coefficient (Wildman–Crippen LogP) is 3.40. The number of hydrogen-bond acceptors (Lipinski definition) is 4. The van der Waals surface area contributed by atoms with Gasteiger partial charge < -0.3 is 14.8 Å². The van der Waals surface area contributed by atoms with Gasteiger partial charge in [-0.2, -0.15) is 0 Å². The first-order valence-electron chi connectivity index (χ1n) is 9.95. The quantitative estimate of drug-likeness (QED) is 0.704. The maximum atomic E-state index is 13.0. The number of rotatable bonds is 3. The van der Waals surface area contributed by atoms with E-state index in [2.05, 4.69) is 4.98 Å². The predicted molar refractivity (Wildman–Crippen MR) is 118 cm³/mol. The molecule has 2 aromatic heterocycles. The Morgan fingerprint density at radius 1 is 0.933 bits per heavy atom. The van der Waals surface area contributed by atoms with Crippen LogP contribution in [0.25, 0.3) is 10.6 Å². The van der Waals surface area contributed by atoms with Crippen LogP contribution in [-0.4, -0.2) is 52.8 Å². The number of aromatic nitrogens is 1. The lowest BCUT2D eigenvalue weighted by Crippen LogP contribution is -2.39. The number of nitrogens with one attached hydrogen (secondary N) is 1. The van der Waals surface area contributed by atoms with E-state index in [0.717, 1.165) is 10.4 Å². The number of carbonyl (C=O) groups is 2. The molecule has 3 aromatic rings. The Morgan fingerprint density at radius 2 is 1.70 bits per heavy atom. The second-order valence-electron chi connectivity index (χ2n) is 7.40. The lowest BCUT2D eigenvalue weighted by Gasteiger charge is -2.22. The van der Waals surface area contributed by atoms with Crippen LogP contribution in [0.3, 0.4) is 0 Å². The van der Waals surface area contributed by atoms with E-state index in [4.69, 9.17) is 0 Å². The molecular weight excluding hydrogens is 398 g/mol. The van der Waals surface area contributed by atoms with Crippen LogP contribution in [0.5, 0.6) is 0 Å². The summed E-state index contributed by atoms with van der Waals surface area (Å²) in [5, 5.41) is 1.94. The van der Waals surface area contributed by atoms with Crippen LogP contribution >= 0.6 is 11.3 Å². The summed E-state index contributed by atoms with van der Waals surface area (Å²) in [6, 6.07) is 14.7. The van der Waals surface area contributed by atoms with E-state index in [1.807, 2.05) is 48.7 Å². The maximum absolute atomic E-state index is 13.0. The number of carbonyl (C=O) groups excluding carboxylic acids is 2. The molecular formula is C23H23N3O3S. The zero-order valence-electron chi connectivity index (χ0n) is 16.8. The summed E-state index contributed by atoms with van der Waals surface area (Å²) in [7, 11) is 0. The molecule has 0 saturated carbocycles. The van der Waals surface area contributed by atoms with Crippen molar-refractivity contribution in [2.45, 2.75) is 13.3 Å². The van der Waals surface area contributed by atoms with Crippen molar-refractivity contribution in [3.05, 3.63) is 81.0 Å². The molecule has 0 unspecified atom stereocenters. The molecule has 1 aliphatic heterocycles. The van der Waals surface area contributed by atoms with Crippen LogP contribution in [0, 0.1) is 6.92 Å². The molecule has 0 spiro atoms. The number of H-pyrrole nitrogens is 1. The van der Waals surface area contributed by atoms with Gasteiger partial charge in [0.15, 0.2) is 0 Å². The van der Waals surface area contributed by atoms with Gasteiger partial charge in [-0.05, 0) is 49.1 Å². The Labute approximate surface area is 178 Å². The fraction of sp³-hybridized carbons (Fsp3) is 0.261. The Bertz CT molecular complexity index is 1120. The van der Waals surface area contributed by atoms with Crippen molar-refractivity contribution in [1.29, 1.82) is 0 Å². The highest BCUT2D eigenvalue weighted by molar-refractivity contribution is 7.13.